The van der Waals surface area contributed by atoms with E-state index < -0.39 is 5.82 Å². The topological polar surface area (TPSA) is 58.4 Å². The Morgan fingerprint density at radius 1 is 1.50 bits per heavy atom. The first-order valence-electron chi connectivity index (χ1n) is 4.04. The van der Waals surface area contributed by atoms with E-state index in [1.807, 2.05) is 0 Å². The predicted molar refractivity (Wildman–Crippen MR) is 52.2 cm³/mol. The van der Waals surface area contributed by atoms with Gasteiger partial charge in [-0.25, -0.2) is 4.39 Å². The van der Waals surface area contributed by atoms with E-state index in [1.54, 1.807) is 14.1 Å². The molecule has 76 valence electrons. The van der Waals surface area contributed by atoms with Crippen LogP contribution in [0.4, 0.5) is 10.1 Å². The molecule has 1 aromatic carbocycles. The number of nitrogen functional groups attached to an aromatic ring is 1. The number of hydrogen-bond donors (Lipinski definition) is 2. The maximum Gasteiger partial charge on any atom is 0.253 e. The molecule has 1 aromatic rings. The normalized spacial score (nSPS) is 9.71. The SMILES string of the molecule is CN(C)C(=O)c1ccc(NN)c(F)c1. The van der Waals surface area contributed by atoms with E-state index in [-0.39, 0.29) is 11.6 Å². The van der Waals surface area contributed by atoms with Crippen LogP contribution in [0.5, 0.6) is 0 Å². The molecule has 0 aliphatic heterocycles. The van der Waals surface area contributed by atoms with Gasteiger partial charge in [-0.2, -0.15) is 0 Å². The Balaban J connectivity index is 3.03. The molecular weight excluding hydrogens is 185 g/mol. The zero-order chi connectivity index (χ0) is 10.7. The minimum atomic E-state index is -0.541. The van der Waals surface area contributed by atoms with Gasteiger partial charge in [0.25, 0.3) is 5.91 Å². The monoisotopic (exact) mass is 197 g/mol. The number of benzene rings is 1. The molecule has 0 atom stereocenters. The lowest BCUT2D eigenvalue weighted by atomic mass is 10.2. The van der Waals surface area contributed by atoms with Gasteiger partial charge in [0.1, 0.15) is 5.82 Å². The maximum absolute atomic E-state index is 13.2. The third-order valence-electron chi connectivity index (χ3n) is 1.78. The molecule has 0 heterocycles. The smallest absolute Gasteiger partial charge is 0.253 e. The van der Waals surface area contributed by atoms with Crippen LogP contribution in [0.2, 0.25) is 0 Å². The number of halogens is 1. The zero-order valence-electron chi connectivity index (χ0n) is 8.04. The fraction of sp³-hybridized carbons (Fsp3) is 0.222. The van der Waals surface area contributed by atoms with Crippen molar-refractivity contribution in [3.63, 3.8) is 0 Å². The molecular formula is C9H12FN3O. The van der Waals surface area contributed by atoms with Crippen molar-refractivity contribution in [1.29, 1.82) is 0 Å². The second-order valence-corrected chi connectivity index (χ2v) is 3.04. The lowest BCUT2D eigenvalue weighted by Crippen LogP contribution is -2.22. The van der Waals surface area contributed by atoms with Crippen LogP contribution in [0.15, 0.2) is 18.2 Å². The van der Waals surface area contributed by atoms with Gasteiger partial charge in [0.15, 0.2) is 0 Å². The van der Waals surface area contributed by atoms with Gasteiger partial charge in [-0.15, -0.1) is 0 Å². The molecule has 14 heavy (non-hydrogen) atoms. The highest BCUT2D eigenvalue weighted by Gasteiger charge is 2.10. The molecule has 0 spiro atoms. The van der Waals surface area contributed by atoms with Crippen molar-refractivity contribution >= 4 is 11.6 Å². The number of hydrazine groups is 1. The number of rotatable bonds is 2. The molecule has 0 aromatic heterocycles. The molecule has 4 nitrogen and oxygen atoms in total. The molecule has 1 rings (SSSR count). The first-order valence-corrected chi connectivity index (χ1v) is 4.04. The summed E-state index contributed by atoms with van der Waals surface area (Å²) in [6.07, 6.45) is 0. The molecule has 3 N–H and O–H groups in total. The third-order valence-corrected chi connectivity index (χ3v) is 1.78. The van der Waals surface area contributed by atoms with Gasteiger partial charge in [0.05, 0.1) is 5.69 Å². The second-order valence-electron chi connectivity index (χ2n) is 3.04. The maximum atomic E-state index is 13.2. The third kappa shape index (κ3) is 2.00. The van der Waals surface area contributed by atoms with Crippen LogP contribution in [0.3, 0.4) is 0 Å². The van der Waals surface area contributed by atoms with E-state index in [0.717, 1.165) is 6.07 Å². The van der Waals surface area contributed by atoms with Gasteiger partial charge in [0, 0.05) is 19.7 Å². The second kappa shape index (κ2) is 4.06. The molecule has 0 saturated heterocycles. The predicted octanol–water partition coefficient (Wildman–Crippen LogP) is 0.813. The van der Waals surface area contributed by atoms with Crippen LogP contribution in [-0.4, -0.2) is 24.9 Å². The fourth-order valence-corrected chi connectivity index (χ4v) is 1.02. The summed E-state index contributed by atoms with van der Waals surface area (Å²) in [4.78, 5) is 12.8. The van der Waals surface area contributed by atoms with E-state index in [2.05, 4.69) is 5.43 Å². The van der Waals surface area contributed by atoms with Crippen LogP contribution in [-0.2, 0) is 0 Å². The van der Waals surface area contributed by atoms with E-state index in [9.17, 15) is 9.18 Å². The average Bonchev–Trinajstić information content (AvgIpc) is 2.16. The highest BCUT2D eigenvalue weighted by atomic mass is 19.1. The first-order chi connectivity index (χ1) is 6.56. The summed E-state index contributed by atoms with van der Waals surface area (Å²) in [5, 5.41) is 0. The van der Waals surface area contributed by atoms with E-state index in [0.29, 0.717) is 5.56 Å². The van der Waals surface area contributed by atoms with Gasteiger partial charge >= 0.3 is 0 Å². The number of carbonyl (C=O) groups excluding carboxylic acids is 1. The minimum absolute atomic E-state index is 0.167. The number of nitrogens with one attached hydrogen (secondary N) is 1. The van der Waals surface area contributed by atoms with Gasteiger partial charge in [-0.3, -0.25) is 10.6 Å². The molecule has 0 aliphatic rings. The quantitative estimate of drug-likeness (QED) is 0.545. The van der Waals surface area contributed by atoms with Crippen LogP contribution in [0.1, 0.15) is 10.4 Å². The molecule has 0 radical (unpaired) electrons. The van der Waals surface area contributed by atoms with Gasteiger partial charge < -0.3 is 10.3 Å². The van der Waals surface area contributed by atoms with Gasteiger partial charge in [-0.05, 0) is 18.2 Å². The Labute approximate surface area is 81.5 Å². The van der Waals surface area contributed by atoms with Gasteiger partial charge in [0.2, 0.25) is 0 Å². The fourth-order valence-electron chi connectivity index (χ4n) is 1.02. The van der Waals surface area contributed by atoms with Crippen molar-refractivity contribution < 1.29 is 9.18 Å². The lowest BCUT2D eigenvalue weighted by molar-refractivity contribution is 0.0827. The highest BCUT2D eigenvalue weighted by molar-refractivity contribution is 5.94. The van der Waals surface area contributed by atoms with Crippen LogP contribution in [0.25, 0.3) is 0 Å². The van der Waals surface area contributed by atoms with Crippen LogP contribution >= 0.6 is 0 Å². The highest BCUT2D eigenvalue weighted by Crippen LogP contribution is 2.15. The number of carbonyl (C=O) groups is 1. The molecule has 0 aliphatic carbocycles. The van der Waals surface area contributed by atoms with Gasteiger partial charge in [-0.1, -0.05) is 0 Å². The number of anilines is 1. The van der Waals surface area contributed by atoms with E-state index in [1.165, 1.54) is 17.0 Å². The Kier molecular flexibility index (Phi) is 3.03. The standard InChI is InChI=1S/C9H12FN3O/c1-13(2)9(14)6-3-4-8(12-11)7(10)5-6/h3-5,12H,11H2,1-2H3. The minimum Gasteiger partial charge on any atom is -0.345 e. The molecule has 0 fully saturated rings. The van der Waals surface area contributed by atoms with Crippen LogP contribution < -0.4 is 11.3 Å². The summed E-state index contributed by atoms with van der Waals surface area (Å²) >= 11 is 0. The Morgan fingerprint density at radius 3 is 2.57 bits per heavy atom. The van der Waals surface area contributed by atoms with Crippen molar-refractivity contribution in [2.75, 3.05) is 19.5 Å². The van der Waals surface area contributed by atoms with Crippen molar-refractivity contribution in [2.45, 2.75) is 0 Å². The van der Waals surface area contributed by atoms with Crippen molar-refractivity contribution in [3.8, 4) is 0 Å². The number of nitrogens with two attached hydrogens (primary N) is 1. The molecule has 5 heteroatoms. The van der Waals surface area contributed by atoms with E-state index >= 15 is 0 Å². The van der Waals surface area contributed by atoms with Crippen molar-refractivity contribution in [1.82, 2.24) is 4.90 Å². The summed E-state index contributed by atoms with van der Waals surface area (Å²) in [5.74, 6) is 4.27. The summed E-state index contributed by atoms with van der Waals surface area (Å²) < 4.78 is 13.2. The molecule has 1 amide bonds. The summed E-state index contributed by atoms with van der Waals surface area (Å²) in [6, 6.07) is 4.09. The number of amides is 1. The zero-order valence-corrected chi connectivity index (χ0v) is 8.04. The van der Waals surface area contributed by atoms with Crippen molar-refractivity contribution in [3.05, 3.63) is 29.6 Å². The van der Waals surface area contributed by atoms with Crippen LogP contribution in [0, 0.1) is 5.82 Å². The lowest BCUT2D eigenvalue weighted by Gasteiger charge is -2.10. The number of hydrogen-bond acceptors (Lipinski definition) is 3. The molecule has 0 bridgehead atoms. The number of nitrogens with zero attached hydrogens (tertiary/aromatic N) is 1. The Hall–Kier alpha value is -1.62. The summed E-state index contributed by atoms with van der Waals surface area (Å²) in [7, 11) is 3.21. The first kappa shape index (κ1) is 10.5. The molecule has 0 saturated carbocycles. The molecule has 0 unspecified atom stereocenters. The van der Waals surface area contributed by atoms with Crippen molar-refractivity contribution in [2.24, 2.45) is 5.84 Å². The average molecular weight is 197 g/mol. The van der Waals surface area contributed by atoms with E-state index in [4.69, 9.17) is 5.84 Å². The largest absolute Gasteiger partial charge is 0.345 e. The Morgan fingerprint density at radius 2 is 2.14 bits per heavy atom. The summed E-state index contributed by atoms with van der Waals surface area (Å²) in [6.45, 7) is 0. The Bertz CT molecular complexity index is 352. The summed E-state index contributed by atoms with van der Waals surface area (Å²) in [5.41, 5.74) is 2.66.